The predicted molar refractivity (Wildman–Crippen MR) is 101 cm³/mol. The van der Waals surface area contributed by atoms with Gasteiger partial charge >= 0.3 is 0 Å². The van der Waals surface area contributed by atoms with E-state index < -0.39 is 0 Å². The lowest BCUT2D eigenvalue weighted by Crippen LogP contribution is -2.31. The summed E-state index contributed by atoms with van der Waals surface area (Å²) >= 11 is 5.00. The van der Waals surface area contributed by atoms with Crippen molar-refractivity contribution >= 4 is 33.6 Å². The molecule has 0 N–H and O–H groups in total. The Bertz CT molecular complexity index is 779. The number of aryl methyl sites for hydroxylation is 1. The number of hydrogen-bond acceptors (Lipinski definition) is 4. The number of halogens is 1. The molecule has 0 bridgehead atoms. The average molecular weight is 420 g/mol. The van der Waals surface area contributed by atoms with Crippen molar-refractivity contribution in [2.75, 3.05) is 5.75 Å². The van der Waals surface area contributed by atoms with Crippen LogP contribution in [0.1, 0.15) is 17.1 Å². The summed E-state index contributed by atoms with van der Waals surface area (Å²) in [5.74, 6) is 1.92. The van der Waals surface area contributed by atoms with Crippen molar-refractivity contribution < 1.29 is 13.6 Å². The lowest BCUT2D eigenvalue weighted by molar-refractivity contribution is -0.130. The van der Waals surface area contributed by atoms with Gasteiger partial charge in [-0.2, -0.15) is 0 Å². The van der Waals surface area contributed by atoms with Gasteiger partial charge in [-0.3, -0.25) is 4.79 Å². The van der Waals surface area contributed by atoms with Gasteiger partial charge in [0.1, 0.15) is 11.5 Å². The van der Waals surface area contributed by atoms with E-state index in [1.807, 2.05) is 43.3 Å². The highest BCUT2D eigenvalue weighted by Crippen LogP contribution is 2.26. The number of carbonyl (C=O) groups excluding carboxylic acids is 1. The molecule has 130 valence electrons. The van der Waals surface area contributed by atoms with Gasteiger partial charge in [-0.25, -0.2) is 0 Å². The second kappa shape index (κ2) is 8.45. The molecular formula is C19H18BrNO3S. The SMILES string of the molecule is Cc1cc(Br)ccc1SCC(=O)N(Cc1ccco1)Cc1ccco1. The standard InChI is InChI=1S/C19H18BrNO3S/c1-14-10-15(20)6-7-18(14)25-13-19(22)21(11-16-4-2-8-23-16)12-17-5-3-9-24-17/h2-10H,11-13H2,1H3. The first-order valence-electron chi connectivity index (χ1n) is 7.83. The van der Waals surface area contributed by atoms with Crippen LogP contribution in [-0.4, -0.2) is 16.6 Å². The van der Waals surface area contributed by atoms with Crippen molar-refractivity contribution in [3.8, 4) is 0 Å². The average Bonchev–Trinajstić information content (AvgIpc) is 3.27. The van der Waals surface area contributed by atoms with E-state index in [4.69, 9.17) is 8.83 Å². The van der Waals surface area contributed by atoms with Gasteiger partial charge in [0.15, 0.2) is 0 Å². The number of benzene rings is 1. The summed E-state index contributed by atoms with van der Waals surface area (Å²) in [6, 6.07) is 13.5. The van der Waals surface area contributed by atoms with Crippen molar-refractivity contribution in [1.82, 2.24) is 4.90 Å². The zero-order chi connectivity index (χ0) is 17.6. The van der Waals surface area contributed by atoms with E-state index in [9.17, 15) is 4.79 Å². The lowest BCUT2D eigenvalue weighted by Gasteiger charge is -2.20. The van der Waals surface area contributed by atoms with E-state index in [1.165, 1.54) is 0 Å². The van der Waals surface area contributed by atoms with Crippen LogP contribution in [-0.2, 0) is 17.9 Å². The molecule has 0 unspecified atom stereocenters. The van der Waals surface area contributed by atoms with Gasteiger partial charge in [0.05, 0.1) is 31.4 Å². The topological polar surface area (TPSA) is 46.6 Å². The highest BCUT2D eigenvalue weighted by atomic mass is 79.9. The number of rotatable bonds is 7. The summed E-state index contributed by atoms with van der Waals surface area (Å²) < 4.78 is 11.8. The van der Waals surface area contributed by atoms with E-state index in [0.717, 1.165) is 26.5 Å². The monoisotopic (exact) mass is 419 g/mol. The van der Waals surface area contributed by atoms with Gasteiger partial charge in [-0.15, -0.1) is 11.8 Å². The Balaban J connectivity index is 1.67. The second-order valence-electron chi connectivity index (χ2n) is 5.61. The predicted octanol–water partition coefficient (Wildman–Crippen LogP) is 5.26. The largest absolute Gasteiger partial charge is 0.467 e. The third-order valence-corrected chi connectivity index (χ3v) is 5.35. The van der Waals surface area contributed by atoms with Crippen LogP contribution in [0.4, 0.5) is 0 Å². The minimum Gasteiger partial charge on any atom is -0.467 e. The number of amides is 1. The normalized spacial score (nSPS) is 10.8. The molecule has 0 radical (unpaired) electrons. The van der Waals surface area contributed by atoms with E-state index in [0.29, 0.717) is 18.8 Å². The van der Waals surface area contributed by atoms with Crippen LogP contribution in [0.15, 0.2) is 73.2 Å². The maximum atomic E-state index is 12.8. The Labute approximate surface area is 159 Å². The number of carbonyl (C=O) groups is 1. The molecule has 0 aliphatic carbocycles. The highest BCUT2D eigenvalue weighted by molar-refractivity contribution is 9.10. The minimum absolute atomic E-state index is 0.0418. The summed E-state index contributed by atoms with van der Waals surface area (Å²) in [7, 11) is 0. The summed E-state index contributed by atoms with van der Waals surface area (Å²) in [6.45, 7) is 2.89. The van der Waals surface area contributed by atoms with Gasteiger partial charge in [0, 0.05) is 9.37 Å². The Kier molecular flexibility index (Phi) is 6.04. The molecule has 3 aromatic rings. The van der Waals surface area contributed by atoms with Crippen LogP contribution in [0.3, 0.4) is 0 Å². The van der Waals surface area contributed by atoms with Gasteiger partial charge in [-0.05, 0) is 55.0 Å². The molecule has 2 aromatic heterocycles. The van der Waals surface area contributed by atoms with E-state index in [-0.39, 0.29) is 5.91 Å². The molecular weight excluding hydrogens is 402 g/mol. The van der Waals surface area contributed by atoms with Crippen molar-refractivity contribution in [2.24, 2.45) is 0 Å². The number of furan rings is 2. The van der Waals surface area contributed by atoms with Crippen LogP contribution in [0.25, 0.3) is 0 Å². The maximum absolute atomic E-state index is 12.8. The number of hydrogen-bond donors (Lipinski definition) is 0. The molecule has 0 aliphatic rings. The summed E-state index contributed by atoms with van der Waals surface area (Å²) in [5, 5.41) is 0. The molecule has 0 saturated heterocycles. The zero-order valence-electron chi connectivity index (χ0n) is 13.8. The quantitative estimate of drug-likeness (QED) is 0.489. The third kappa shape index (κ3) is 5.03. The van der Waals surface area contributed by atoms with Crippen LogP contribution in [0, 0.1) is 6.92 Å². The van der Waals surface area contributed by atoms with Gasteiger partial charge in [0.25, 0.3) is 0 Å². The van der Waals surface area contributed by atoms with Gasteiger partial charge in [-0.1, -0.05) is 15.9 Å². The molecule has 0 atom stereocenters. The molecule has 3 rings (SSSR count). The lowest BCUT2D eigenvalue weighted by atomic mass is 10.2. The second-order valence-corrected chi connectivity index (χ2v) is 7.54. The molecule has 0 fully saturated rings. The summed E-state index contributed by atoms with van der Waals surface area (Å²) in [6.07, 6.45) is 3.23. The Hall–Kier alpha value is -1.92. The molecule has 0 saturated carbocycles. The van der Waals surface area contributed by atoms with Crippen molar-refractivity contribution in [1.29, 1.82) is 0 Å². The molecule has 1 amide bonds. The summed E-state index contributed by atoms with van der Waals surface area (Å²) in [5.41, 5.74) is 1.15. The van der Waals surface area contributed by atoms with Crippen LogP contribution in [0.5, 0.6) is 0 Å². The fourth-order valence-corrected chi connectivity index (χ4v) is 3.81. The van der Waals surface area contributed by atoms with Gasteiger partial charge < -0.3 is 13.7 Å². The minimum atomic E-state index is 0.0418. The first-order chi connectivity index (χ1) is 12.1. The molecule has 25 heavy (non-hydrogen) atoms. The molecule has 0 spiro atoms. The van der Waals surface area contributed by atoms with Gasteiger partial charge in [0.2, 0.25) is 5.91 Å². The van der Waals surface area contributed by atoms with E-state index in [1.54, 1.807) is 29.2 Å². The molecule has 1 aromatic carbocycles. The number of nitrogens with zero attached hydrogens (tertiary/aromatic N) is 1. The van der Waals surface area contributed by atoms with Crippen molar-refractivity contribution in [2.45, 2.75) is 24.9 Å². The van der Waals surface area contributed by atoms with Crippen LogP contribution in [0.2, 0.25) is 0 Å². The highest BCUT2D eigenvalue weighted by Gasteiger charge is 2.18. The fourth-order valence-electron chi connectivity index (χ4n) is 2.42. The fraction of sp³-hybridized carbons (Fsp3) is 0.211. The molecule has 6 heteroatoms. The zero-order valence-corrected chi connectivity index (χ0v) is 16.2. The first kappa shape index (κ1) is 17.9. The maximum Gasteiger partial charge on any atom is 0.233 e. The molecule has 4 nitrogen and oxygen atoms in total. The Morgan fingerprint density at radius 1 is 1.08 bits per heavy atom. The Morgan fingerprint density at radius 3 is 2.24 bits per heavy atom. The van der Waals surface area contributed by atoms with E-state index >= 15 is 0 Å². The number of thioether (sulfide) groups is 1. The van der Waals surface area contributed by atoms with E-state index in [2.05, 4.69) is 22.0 Å². The van der Waals surface area contributed by atoms with Crippen molar-refractivity contribution in [3.63, 3.8) is 0 Å². The smallest absolute Gasteiger partial charge is 0.233 e. The Morgan fingerprint density at radius 2 is 1.72 bits per heavy atom. The third-order valence-electron chi connectivity index (χ3n) is 3.69. The van der Waals surface area contributed by atoms with Crippen LogP contribution >= 0.6 is 27.7 Å². The molecule has 0 aliphatic heterocycles. The summed E-state index contributed by atoms with van der Waals surface area (Å²) in [4.78, 5) is 15.6. The van der Waals surface area contributed by atoms with Crippen molar-refractivity contribution in [3.05, 3.63) is 76.5 Å². The molecule has 2 heterocycles. The van der Waals surface area contributed by atoms with Crippen LogP contribution < -0.4 is 0 Å². The first-order valence-corrected chi connectivity index (χ1v) is 9.61.